The number of benzene rings is 2. The predicted octanol–water partition coefficient (Wildman–Crippen LogP) is 4.02. The molecule has 0 aliphatic heterocycles. The maximum absolute atomic E-state index is 12.6. The number of rotatable bonds is 10. The summed E-state index contributed by atoms with van der Waals surface area (Å²) in [7, 11) is 0. The Morgan fingerprint density at radius 1 is 1.00 bits per heavy atom. The zero-order valence-electron chi connectivity index (χ0n) is 19.0. The van der Waals surface area contributed by atoms with Gasteiger partial charge in [-0.1, -0.05) is 55.0 Å². The number of thioether (sulfide) groups is 1. The van der Waals surface area contributed by atoms with Crippen LogP contribution in [0, 0.1) is 5.92 Å². The second-order valence-electron chi connectivity index (χ2n) is 8.77. The molecule has 3 N–H and O–H groups in total. The normalized spacial score (nSPS) is 18.7. The SMILES string of the molecule is O=C(O)CSCCNC(=O)CC1CCCC1NC(=O)OCC1c2ccccc2-c2ccccc21. The second kappa shape index (κ2) is 11.4. The molecule has 1 fully saturated rings. The second-order valence-corrected chi connectivity index (χ2v) is 9.87. The summed E-state index contributed by atoms with van der Waals surface area (Å²) in [5.74, 6) is -0.240. The molecule has 2 unspecified atom stereocenters. The molecule has 4 rings (SSSR count). The summed E-state index contributed by atoms with van der Waals surface area (Å²) in [6.07, 6.45) is 2.58. The third kappa shape index (κ3) is 5.91. The highest BCUT2D eigenvalue weighted by molar-refractivity contribution is 7.99. The van der Waals surface area contributed by atoms with Crippen molar-refractivity contribution < 1.29 is 24.2 Å². The molecule has 2 amide bonds. The molecule has 2 aromatic rings. The molecule has 34 heavy (non-hydrogen) atoms. The Hall–Kier alpha value is -3.00. The van der Waals surface area contributed by atoms with Crippen LogP contribution in [-0.4, -0.2) is 53.8 Å². The van der Waals surface area contributed by atoms with Crippen molar-refractivity contribution in [1.82, 2.24) is 10.6 Å². The van der Waals surface area contributed by atoms with E-state index in [1.807, 2.05) is 24.3 Å². The lowest BCUT2D eigenvalue weighted by atomic mass is 9.98. The van der Waals surface area contributed by atoms with E-state index in [0.717, 1.165) is 19.3 Å². The molecule has 7 nitrogen and oxygen atoms in total. The van der Waals surface area contributed by atoms with Crippen LogP contribution in [0.5, 0.6) is 0 Å². The first-order valence-corrected chi connectivity index (χ1v) is 12.9. The van der Waals surface area contributed by atoms with E-state index < -0.39 is 12.1 Å². The molecule has 8 heteroatoms. The van der Waals surface area contributed by atoms with Crippen molar-refractivity contribution in [3.63, 3.8) is 0 Å². The van der Waals surface area contributed by atoms with Crippen molar-refractivity contribution in [3.8, 4) is 11.1 Å². The molecule has 2 atom stereocenters. The van der Waals surface area contributed by atoms with Gasteiger partial charge in [-0.05, 0) is 41.0 Å². The fourth-order valence-electron chi connectivity index (χ4n) is 5.00. The van der Waals surface area contributed by atoms with Gasteiger partial charge in [0.15, 0.2) is 0 Å². The number of hydrogen-bond acceptors (Lipinski definition) is 5. The summed E-state index contributed by atoms with van der Waals surface area (Å²) >= 11 is 1.27. The van der Waals surface area contributed by atoms with Gasteiger partial charge in [0.2, 0.25) is 5.91 Å². The van der Waals surface area contributed by atoms with Crippen molar-refractivity contribution in [2.45, 2.75) is 37.6 Å². The van der Waals surface area contributed by atoms with E-state index in [4.69, 9.17) is 9.84 Å². The molecule has 0 aromatic heterocycles. The van der Waals surface area contributed by atoms with Crippen molar-refractivity contribution in [1.29, 1.82) is 0 Å². The number of nitrogens with one attached hydrogen (secondary N) is 2. The molecule has 180 valence electrons. The Labute approximate surface area is 203 Å². The molecule has 0 saturated heterocycles. The van der Waals surface area contributed by atoms with Gasteiger partial charge in [0, 0.05) is 30.7 Å². The van der Waals surface area contributed by atoms with Gasteiger partial charge in [0.25, 0.3) is 0 Å². The summed E-state index contributed by atoms with van der Waals surface area (Å²) in [5.41, 5.74) is 4.73. The van der Waals surface area contributed by atoms with Crippen LogP contribution in [-0.2, 0) is 14.3 Å². The Morgan fingerprint density at radius 2 is 1.68 bits per heavy atom. The molecule has 2 aromatic carbocycles. The van der Waals surface area contributed by atoms with E-state index in [9.17, 15) is 14.4 Å². The maximum atomic E-state index is 12.6. The smallest absolute Gasteiger partial charge is 0.407 e. The molecule has 2 aliphatic carbocycles. The number of alkyl carbamates (subject to hydrolysis) is 1. The minimum atomic E-state index is -0.857. The lowest BCUT2D eigenvalue weighted by Gasteiger charge is -2.21. The highest BCUT2D eigenvalue weighted by Crippen LogP contribution is 2.44. The number of amides is 2. The number of fused-ring (bicyclic) bond motifs is 3. The summed E-state index contributed by atoms with van der Waals surface area (Å²) in [4.78, 5) is 35.4. The van der Waals surface area contributed by atoms with Crippen molar-refractivity contribution in [2.24, 2.45) is 5.92 Å². The maximum Gasteiger partial charge on any atom is 0.407 e. The van der Waals surface area contributed by atoms with Crippen LogP contribution in [0.3, 0.4) is 0 Å². The minimum Gasteiger partial charge on any atom is -0.481 e. The van der Waals surface area contributed by atoms with E-state index in [1.165, 1.54) is 34.0 Å². The highest BCUT2D eigenvalue weighted by Gasteiger charge is 2.32. The average Bonchev–Trinajstić information content (AvgIpc) is 3.39. The fraction of sp³-hybridized carbons (Fsp3) is 0.423. The summed E-state index contributed by atoms with van der Waals surface area (Å²) in [6.45, 7) is 0.708. The van der Waals surface area contributed by atoms with Crippen LogP contribution in [0.4, 0.5) is 4.79 Å². The zero-order valence-corrected chi connectivity index (χ0v) is 19.8. The molecular weight excluding hydrogens is 452 g/mol. The number of aliphatic carboxylic acids is 1. The van der Waals surface area contributed by atoms with E-state index in [0.29, 0.717) is 18.7 Å². The summed E-state index contributed by atoms with van der Waals surface area (Å²) < 4.78 is 5.66. The highest BCUT2D eigenvalue weighted by atomic mass is 32.2. The fourth-order valence-corrected chi connectivity index (χ4v) is 5.56. The Kier molecular flexibility index (Phi) is 8.11. The van der Waals surface area contributed by atoms with Crippen LogP contribution in [0.15, 0.2) is 48.5 Å². The van der Waals surface area contributed by atoms with Crippen LogP contribution in [0.1, 0.15) is 42.7 Å². The average molecular weight is 483 g/mol. The van der Waals surface area contributed by atoms with Gasteiger partial charge in [-0.2, -0.15) is 0 Å². The molecule has 0 bridgehead atoms. The van der Waals surface area contributed by atoms with Gasteiger partial charge in [-0.3, -0.25) is 9.59 Å². The van der Waals surface area contributed by atoms with Crippen LogP contribution in [0.2, 0.25) is 0 Å². The Morgan fingerprint density at radius 3 is 2.35 bits per heavy atom. The first kappa shape index (κ1) is 24.1. The molecule has 1 saturated carbocycles. The van der Waals surface area contributed by atoms with Crippen LogP contribution < -0.4 is 10.6 Å². The number of carbonyl (C=O) groups excluding carboxylic acids is 2. The topological polar surface area (TPSA) is 105 Å². The number of hydrogen-bond donors (Lipinski definition) is 3. The van der Waals surface area contributed by atoms with Gasteiger partial charge < -0.3 is 20.5 Å². The lowest BCUT2D eigenvalue weighted by Crippen LogP contribution is -2.40. The third-order valence-corrected chi connectivity index (χ3v) is 7.49. The molecule has 0 radical (unpaired) electrons. The van der Waals surface area contributed by atoms with E-state index in [2.05, 4.69) is 34.9 Å². The lowest BCUT2D eigenvalue weighted by molar-refractivity contribution is -0.133. The number of carboxylic acids is 1. The van der Waals surface area contributed by atoms with Gasteiger partial charge in [0.05, 0.1) is 5.75 Å². The number of carboxylic acid groups (broad SMARTS) is 1. The molecular formula is C26H30N2O5S. The standard InChI is InChI=1S/C26H30N2O5S/c29-24(27-12-13-34-16-25(30)31)14-17-6-5-11-23(17)28-26(32)33-15-22-20-9-3-1-7-18(20)19-8-2-4-10-21(19)22/h1-4,7-10,17,22-23H,5-6,11-16H2,(H,27,29)(H,28,32)(H,30,31). The Bertz CT molecular complexity index is 998. The predicted molar refractivity (Wildman–Crippen MR) is 132 cm³/mol. The van der Waals surface area contributed by atoms with E-state index >= 15 is 0 Å². The minimum absolute atomic E-state index is 0.0160. The third-order valence-electron chi connectivity index (χ3n) is 6.55. The number of ether oxygens (including phenoxy) is 1. The van der Waals surface area contributed by atoms with E-state index in [-0.39, 0.29) is 36.1 Å². The van der Waals surface area contributed by atoms with Crippen LogP contribution >= 0.6 is 11.8 Å². The van der Waals surface area contributed by atoms with Gasteiger partial charge >= 0.3 is 12.1 Å². The molecule has 2 aliphatic rings. The summed E-state index contributed by atoms with van der Waals surface area (Å²) in [6, 6.07) is 16.4. The monoisotopic (exact) mass is 482 g/mol. The van der Waals surface area contributed by atoms with Crippen molar-refractivity contribution in [2.75, 3.05) is 24.7 Å². The largest absolute Gasteiger partial charge is 0.481 e. The van der Waals surface area contributed by atoms with Crippen LogP contribution in [0.25, 0.3) is 11.1 Å². The van der Waals surface area contributed by atoms with Crippen molar-refractivity contribution >= 4 is 29.7 Å². The van der Waals surface area contributed by atoms with Crippen molar-refractivity contribution in [3.05, 3.63) is 59.7 Å². The quantitative estimate of drug-likeness (QED) is 0.442. The number of carbonyl (C=O) groups is 3. The molecule has 0 spiro atoms. The van der Waals surface area contributed by atoms with Gasteiger partial charge in [-0.25, -0.2) is 4.79 Å². The zero-order chi connectivity index (χ0) is 23.9. The van der Waals surface area contributed by atoms with Gasteiger partial charge in [-0.15, -0.1) is 11.8 Å². The Balaban J connectivity index is 1.25. The molecule has 0 heterocycles. The first-order valence-electron chi connectivity index (χ1n) is 11.7. The first-order chi connectivity index (χ1) is 16.5. The summed E-state index contributed by atoms with van der Waals surface area (Å²) in [5, 5.41) is 14.5. The van der Waals surface area contributed by atoms with Gasteiger partial charge in [0.1, 0.15) is 6.61 Å². The van der Waals surface area contributed by atoms with E-state index in [1.54, 1.807) is 0 Å².